The van der Waals surface area contributed by atoms with Gasteiger partial charge in [-0.2, -0.15) is 5.10 Å². The number of aromatic nitrogens is 3. The lowest BCUT2D eigenvalue weighted by atomic mass is 10.1. The summed E-state index contributed by atoms with van der Waals surface area (Å²) in [6.45, 7) is 0.936. The normalized spacial score (nSPS) is 29.5. The van der Waals surface area contributed by atoms with Crippen LogP contribution in [0.3, 0.4) is 0 Å². The van der Waals surface area contributed by atoms with Crippen LogP contribution in [-0.2, 0) is 11.8 Å². The van der Waals surface area contributed by atoms with Crippen molar-refractivity contribution in [1.29, 1.82) is 0 Å². The molecule has 0 unspecified atom stereocenters. The smallest absolute Gasteiger partial charge is 0.138 e. The molecule has 0 aromatic carbocycles. The Morgan fingerprint density at radius 2 is 2.50 bits per heavy atom. The van der Waals surface area contributed by atoms with Crippen molar-refractivity contribution in [2.45, 2.75) is 12.0 Å². The van der Waals surface area contributed by atoms with E-state index < -0.39 is 6.10 Å². The van der Waals surface area contributed by atoms with Gasteiger partial charge in [0.25, 0.3) is 0 Å². The maximum Gasteiger partial charge on any atom is 0.138 e. The van der Waals surface area contributed by atoms with Gasteiger partial charge in [-0.15, -0.1) is 0 Å². The predicted octanol–water partition coefficient (Wildman–Crippen LogP) is -0.710. The maximum absolute atomic E-state index is 9.48. The van der Waals surface area contributed by atoms with Gasteiger partial charge in [0.15, 0.2) is 0 Å². The molecule has 1 aromatic heterocycles. The molecular formula is C7H11N3O2. The first-order valence-electron chi connectivity index (χ1n) is 3.88. The van der Waals surface area contributed by atoms with E-state index in [1.165, 1.54) is 6.33 Å². The molecule has 1 N–H and O–H groups in total. The van der Waals surface area contributed by atoms with E-state index in [-0.39, 0.29) is 5.92 Å². The van der Waals surface area contributed by atoms with E-state index >= 15 is 0 Å². The highest BCUT2D eigenvalue weighted by Gasteiger charge is 2.30. The van der Waals surface area contributed by atoms with Crippen molar-refractivity contribution in [1.82, 2.24) is 14.8 Å². The summed E-state index contributed by atoms with van der Waals surface area (Å²) < 4.78 is 6.79. The lowest BCUT2D eigenvalue weighted by Crippen LogP contribution is -2.19. The van der Waals surface area contributed by atoms with Gasteiger partial charge in [-0.05, 0) is 0 Å². The summed E-state index contributed by atoms with van der Waals surface area (Å²) in [5.74, 6) is 0.775. The minimum atomic E-state index is -0.437. The molecule has 1 saturated heterocycles. The predicted molar refractivity (Wildman–Crippen MR) is 40.6 cm³/mol. The Kier molecular flexibility index (Phi) is 1.82. The van der Waals surface area contributed by atoms with Gasteiger partial charge >= 0.3 is 0 Å². The van der Waals surface area contributed by atoms with Crippen LogP contribution in [0, 0.1) is 0 Å². The molecule has 1 fully saturated rings. The largest absolute Gasteiger partial charge is 0.390 e. The van der Waals surface area contributed by atoms with E-state index in [0.717, 1.165) is 5.82 Å². The van der Waals surface area contributed by atoms with Gasteiger partial charge in [0.05, 0.1) is 25.2 Å². The van der Waals surface area contributed by atoms with E-state index in [1.807, 2.05) is 7.05 Å². The Labute approximate surface area is 70.0 Å². The molecule has 1 aliphatic heterocycles. The molecule has 12 heavy (non-hydrogen) atoms. The van der Waals surface area contributed by atoms with Crippen LogP contribution in [0.25, 0.3) is 0 Å². The molecule has 0 saturated carbocycles. The van der Waals surface area contributed by atoms with Gasteiger partial charge in [0, 0.05) is 7.05 Å². The number of rotatable bonds is 1. The van der Waals surface area contributed by atoms with E-state index in [1.54, 1.807) is 4.68 Å². The lowest BCUT2D eigenvalue weighted by molar-refractivity contribution is 0.124. The molecule has 2 rings (SSSR count). The van der Waals surface area contributed by atoms with Crippen LogP contribution < -0.4 is 0 Å². The molecule has 0 amide bonds. The summed E-state index contributed by atoms with van der Waals surface area (Å²) >= 11 is 0. The molecule has 2 atom stereocenters. The highest BCUT2D eigenvalue weighted by atomic mass is 16.5. The van der Waals surface area contributed by atoms with Gasteiger partial charge < -0.3 is 9.84 Å². The molecule has 0 bridgehead atoms. The fourth-order valence-electron chi connectivity index (χ4n) is 1.43. The second kappa shape index (κ2) is 2.84. The number of aliphatic hydroxyl groups is 1. The first kappa shape index (κ1) is 7.70. The zero-order valence-corrected chi connectivity index (χ0v) is 6.84. The van der Waals surface area contributed by atoms with Crippen molar-refractivity contribution in [3.05, 3.63) is 12.2 Å². The van der Waals surface area contributed by atoms with Crippen molar-refractivity contribution in [2.75, 3.05) is 13.2 Å². The Bertz CT molecular complexity index is 273. The third kappa shape index (κ3) is 1.11. The van der Waals surface area contributed by atoms with Gasteiger partial charge in [-0.1, -0.05) is 0 Å². The zero-order valence-electron chi connectivity index (χ0n) is 6.84. The van der Waals surface area contributed by atoms with Crippen molar-refractivity contribution >= 4 is 0 Å². The van der Waals surface area contributed by atoms with Crippen molar-refractivity contribution in [2.24, 2.45) is 7.05 Å². The van der Waals surface area contributed by atoms with Gasteiger partial charge in [0.1, 0.15) is 12.2 Å². The fraction of sp³-hybridized carbons (Fsp3) is 0.714. The number of nitrogens with zero attached hydrogens (tertiary/aromatic N) is 3. The van der Waals surface area contributed by atoms with Crippen LogP contribution in [-0.4, -0.2) is 39.2 Å². The second-order valence-electron chi connectivity index (χ2n) is 2.95. The molecule has 66 valence electrons. The van der Waals surface area contributed by atoms with E-state index in [9.17, 15) is 5.11 Å². The number of aryl methyl sites for hydroxylation is 1. The van der Waals surface area contributed by atoms with E-state index in [0.29, 0.717) is 13.2 Å². The second-order valence-corrected chi connectivity index (χ2v) is 2.95. The highest BCUT2D eigenvalue weighted by molar-refractivity contribution is 5.01. The van der Waals surface area contributed by atoms with E-state index in [4.69, 9.17) is 4.74 Å². The molecular weight excluding hydrogens is 158 g/mol. The summed E-state index contributed by atoms with van der Waals surface area (Å²) in [5, 5.41) is 13.4. The zero-order chi connectivity index (χ0) is 8.55. The minimum Gasteiger partial charge on any atom is -0.390 e. The van der Waals surface area contributed by atoms with Crippen LogP contribution in [0.4, 0.5) is 0 Å². The Hall–Kier alpha value is -0.940. The van der Waals surface area contributed by atoms with Crippen molar-refractivity contribution < 1.29 is 9.84 Å². The molecule has 0 aliphatic carbocycles. The molecule has 2 heterocycles. The average molecular weight is 169 g/mol. The van der Waals surface area contributed by atoms with Gasteiger partial charge in [-0.25, -0.2) is 4.98 Å². The Morgan fingerprint density at radius 3 is 3.00 bits per heavy atom. The maximum atomic E-state index is 9.48. The van der Waals surface area contributed by atoms with E-state index in [2.05, 4.69) is 10.1 Å². The summed E-state index contributed by atoms with van der Waals surface area (Å²) in [6.07, 6.45) is 1.05. The molecule has 5 nitrogen and oxygen atoms in total. The fourth-order valence-corrected chi connectivity index (χ4v) is 1.43. The monoisotopic (exact) mass is 169 g/mol. The topological polar surface area (TPSA) is 60.2 Å². The number of hydrogen-bond donors (Lipinski definition) is 1. The molecule has 5 heteroatoms. The quantitative estimate of drug-likeness (QED) is 0.603. The molecule has 0 radical (unpaired) electrons. The summed E-state index contributed by atoms with van der Waals surface area (Å²) in [7, 11) is 1.81. The third-order valence-corrected chi connectivity index (χ3v) is 2.13. The number of aliphatic hydroxyl groups excluding tert-OH is 1. The number of ether oxygens (including phenoxy) is 1. The first-order chi connectivity index (χ1) is 5.79. The molecule has 1 aliphatic rings. The highest BCUT2D eigenvalue weighted by Crippen LogP contribution is 2.22. The minimum absolute atomic E-state index is 0.0162. The number of hydrogen-bond acceptors (Lipinski definition) is 4. The van der Waals surface area contributed by atoms with Crippen LogP contribution in [0.15, 0.2) is 6.33 Å². The van der Waals surface area contributed by atoms with Crippen LogP contribution in [0.5, 0.6) is 0 Å². The summed E-state index contributed by atoms with van der Waals surface area (Å²) in [5.41, 5.74) is 0. The van der Waals surface area contributed by atoms with Crippen LogP contribution >= 0.6 is 0 Å². The Balaban J connectivity index is 2.24. The van der Waals surface area contributed by atoms with Crippen molar-refractivity contribution in [3.8, 4) is 0 Å². The standard InChI is InChI=1S/C7H11N3O2/c1-10-7(8-4-9-10)5-2-12-3-6(5)11/h4-6,11H,2-3H2,1H3/t5-,6-/m1/s1. The lowest BCUT2D eigenvalue weighted by Gasteiger charge is -2.09. The third-order valence-electron chi connectivity index (χ3n) is 2.13. The van der Waals surface area contributed by atoms with Gasteiger partial charge in [-0.3, -0.25) is 4.68 Å². The Morgan fingerprint density at radius 1 is 1.67 bits per heavy atom. The van der Waals surface area contributed by atoms with Gasteiger partial charge in [0.2, 0.25) is 0 Å². The summed E-state index contributed by atoms with van der Waals surface area (Å²) in [4.78, 5) is 4.06. The summed E-state index contributed by atoms with van der Waals surface area (Å²) in [6, 6.07) is 0. The van der Waals surface area contributed by atoms with Crippen molar-refractivity contribution in [3.63, 3.8) is 0 Å². The van der Waals surface area contributed by atoms with Crippen LogP contribution in [0.2, 0.25) is 0 Å². The first-order valence-corrected chi connectivity index (χ1v) is 3.88. The SMILES string of the molecule is Cn1ncnc1[C@@H]1COC[C@H]1O. The molecule has 1 aromatic rings. The molecule has 0 spiro atoms. The average Bonchev–Trinajstić information content (AvgIpc) is 2.59. The van der Waals surface area contributed by atoms with Crippen LogP contribution in [0.1, 0.15) is 11.7 Å².